The molecule has 0 aliphatic rings. The van der Waals surface area contributed by atoms with Crippen LogP contribution in [0.15, 0.2) is 0 Å². The largest absolute Gasteiger partial charge is 0.316 e. The number of carboxylic acid groups (broad SMARTS) is 3. The van der Waals surface area contributed by atoms with Gasteiger partial charge in [-0.25, -0.2) is 0 Å². The Kier molecular flexibility index (Phi) is 50.0. The normalized spacial score (nSPS) is 7.50. The molecule has 2 radical (unpaired) electrons. The summed E-state index contributed by atoms with van der Waals surface area (Å²) in [5.74, 6) is -2.50. The standard InChI is InChI=1S/2C4H9.3C2H4O2.Mg.Sn.2H/c2*1-3-4-2;3*1-2(3)4;;;;/h2*1,3-4H2,2H3;3*1H3,(H,3,4);;;;. The predicted octanol–water partition coefficient (Wildman–Crippen LogP) is 2.48. The first-order chi connectivity index (χ1) is 9.61. The summed E-state index contributed by atoms with van der Waals surface area (Å²) in [6.07, 6.45) is 5.84. The molecule has 0 bridgehead atoms. The molecule has 0 saturated carbocycles. The summed E-state index contributed by atoms with van der Waals surface area (Å²) in [5.41, 5.74) is 0. The van der Waals surface area contributed by atoms with Crippen LogP contribution in [0.2, 0.25) is 8.87 Å². The van der Waals surface area contributed by atoms with Crippen LogP contribution in [-0.2, 0) is 14.4 Å². The van der Waals surface area contributed by atoms with Crippen molar-refractivity contribution in [2.75, 3.05) is 0 Å². The van der Waals surface area contributed by atoms with Crippen molar-refractivity contribution in [1.29, 1.82) is 0 Å². The second-order valence-corrected chi connectivity index (χ2v) is 8.30. The Bertz CT molecular complexity index is 203. The van der Waals surface area contributed by atoms with Gasteiger partial charge in [0.2, 0.25) is 0 Å². The molecule has 0 fully saturated rings. The van der Waals surface area contributed by atoms with Gasteiger partial charge in [-0.05, 0) is 0 Å². The Morgan fingerprint density at radius 3 is 1.05 bits per heavy atom. The SMILES string of the molecule is CC(=O)O.CC(=O)O.CC(=O)O.CCC[CH2][Sn][CH2]CCC.[MgH2]. The maximum atomic E-state index is 9.00. The van der Waals surface area contributed by atoms with Crippen molar-refractivity contribution in [1.82, 2.24) is 0 Å². The Morgan fingerprint density at radius 1 is 0.727 bits per heavy atom. The van der Waals surface area contributed by atoms with Crippen molar-refractivity contribution < 1.29 is 29.7 Å². The van der Waals surface area contributed by atoms with Gasteiger partial charge >= 0.3 is 92.6 Å². The molecule has 0 aromatic carbocycles. The fourth-order valence-corrected chi connectivity index (χ4v) is 4.89. The minimum Gasteiger partial charge on any atom is 0.316 e. The van der Waals surface area contributed by atoms with E-state index in [0.29, 0.717) is 0 Å². The zero-order chi connectivity index (χ0) is 17.7. The van der Waals surface area contributed by atoms with E-state index in [1.807, 2.05) is 0 Å². The first kappa shape index (κ1) is 33.6. The molecule has 0 aliphatic carbocycles. The third-order valence-corrected chi connectivity index (χ3v) is 5.45. The minimum atomic E-state index is -0.833. The molecule has 0 spiro atoms. The van der Waals surface area contributed by atoms with Gasteiger partial charge in [-0.15, -0.1) is 0 Å². The molecule has 130 valence electrons. The molecular weight excluding hydrogens is 407 g/mol. The zero-order valence-electron chi connectivity index (χ0n) is 13.8. The van der Waals surface area contributed by atoms with Crippen LogP contribution < -0.4 is 0 Å². The maximum absolute atomic E-state index is 9.00. The second kappa shape index (κ2) is 32.8. The fraction of sp³-hybridized carbons (Fsp3) is 0.786. The number of aliphatic carboxylic acids is 3. The van der Waals surface area contributed by atoms with Crippen LogP contribution in [0.1, 0.15) is 60.3 Å². The maximum Gasteiger partial charge on any atom is 0.316 e. The third kappa shape index (κ3) is 201. The summed E-state index contributed by atoms with van der Waals surface area (Å²) in [7, 11) is 0. The van der Waals surface area contributed by atoms with Gasteiger partial charge in [0.05, 0.1) is 0 Å². The summed E-state index contributed by atoms with van der Waals surface area (Å²) in [6, 6.07) is 0. The molecule has 0 aromatic heterocycles. The van der Waals surface area contributed by atoms with Gasteiger partial charge in [-0.2, -0.15) is 0 Å². The fourth-order valence-electron chi connectivity index (χ4n) is 0.729. The van der Waals surface area contributed by atoms with Gasteiger partial charge in [-0.1, -0.05) is 0 Å². The van der Waals surface area contributed by atoms with Crippen molar-refractivity contribution in [2.45, 2.75) is 69.2 Å². The number of rotatable bonds is 6. The Balaban J connectivity index is -0.0000000632. The molecule has 3 N–H and O–H groups in total. The zero-order valence-corrected chi connectivity index (χ0v) is 16.7. The predicted molar refractivity (Wildman–Crippen MR) is 93.7 cm³/mol. The van der Waals surface area contributed by atoms with Crippen LogP contribution in [0, 0.1) is 0 Å². The van der Waals surface area contributed by atoms with Crippen molar-refractivity contribution in [3.8, 4) is 0 Å². The van der Waals surface area contributed by atoms with E-state index >= 15 is 0 Å². The first-order valence-corrected chi connectivity index (χ1v) is 10.9. The summed E-state index contributed by atoms with van der Waals surface area (Å²) < 4.78 is 3.25. The van der Waals surface area contributed by atoms with Crippen molar-refractivity contribution in [2.24, 2.45) is 0 Å². The van der Waals surface area contributed by atoms with E-state index in [-0.39, 0.29) is 44.2 Å². The molecule has 8 heteroatoms. The number of carboxylic acids is 3. The van der Waals surface area contributed by atoms with Gasteiger partial charge in [0.15, 0.2) is 0 Å². The van der Waals surface area contributed by atoms with Crippen LogP contribution in [-0.4, -0.2) is 77.4 Å². The van der Waals surface area contributed by atoms with Gasteiger partial charge in [0.25, 0.3) is 17.9 Å². The second-order valence-electron chi connectivity index (χ2n) is 4.01. The number of hydrogen-bond donors (Lipinski definition) is 3. The molecule has 0 heterocycles. The summed E-state index contributed by atoms with van der Waals surface area (Å²) in [6.45, 7) is 7.83. The molecule has 22 heavy (non-hydrogen) atoms. The Morgan fingerprint density at radius 2 is 0.909 bits per heavy atom. The molecule has 0 atom stereocenters. The van der Waals surface area contributed by atoms with Crippen LogP contribution in [0.3, 0.4) is 0 Å². The van der Waals surface area contributed by atoms with Crippen LogP contribution in [0.4, 0.5) is 0 Å². The summed E-state index contributed by atoms with van der Waals surface area (Å²) >= 11 is 0.149. The van der Waals surface area contributed by atoms with E-state index < -0.39 is 17.9 Å². The van der Waals surface area contributed by atoms with E-state index in [2.05, 4.69) is 13.8 Å². The molecule has 0 saturated heterocycles. The average molecular weight is 439 g/mol. The van der Waals surface area contributed by atoms with Gasteiger partial charge in [0, 0.05) is 20.8 Å². The first-order valence-electron chi connectivity index (χ1n) is 6.90. The average Bonchev–Trinajstić information content (AvgIpc) is 2.26. The third-order valence-electron chi connectivity index (χ3n) is 1.41. The van der Waals surface area contributed by atoms with E-state index in [0.717, 1.165) is 20.8 Å². The molecule has 0 aromatic rings. The molecule has 0 rings (SSSR count). The van der Waals surface area contributed by atoms with Crippen molar-refractivity contribution in [3.63, 3.8) is 0 Å². The molecule has 0 aliphatic heterocycles. The van der Waals surface area contributed by atoms with E-state index in [1.54, 1.807) is 8.87 Å². The van der Waals surface area contributed by atoms with Gasteiger partial charge in [-0.3, -0.25) is 14.4 Å². The van der Waals surface area contributed by atoms with Crippen molar-refractivity contribution >= 4 is 62.1 Å². The van der Waals surface area contributed by atoms with Gasteiger partial charge < -0.3 is 15.3 Å². The number of unbranched alkanes of at least 4 members (excludes halogenated alkanes) is 2. The Labute approximate surface area is 160 Å². The smallest absolute Gasteiger partial charge is 0.316 e. The molecule has 0 amide bonds. The van der Waals surface area contributed by atoms with E-state index in [4.69, 9.17) is 29.7 Å². The Hall–Kier alpha value is -0.0251. The summed E-state index contributed by atoms with van der Waals surface area (Å²) in [4.78, 5) is 27.0. The summed E-state index contributed by atoms with van der Waals surface area (Å²) in [5, 5.41) is 22.2. The molecule has 6 nitrogen and oxygen atoms in total. The number of carbonyl (C=O) groups is 3. The number of hydrogen-bond acceptors (Lipinski definition) is 3. The van der Waals surface area contributed by atoms with E-state index in [1.165, 1.54) is 25.7 Å². The van der Waals surface area contributed by atoms with Crippen LogP contribution in [0.25, 0.3) is 0 Å². The molecular formula is C14H32MgO6Sn. The monoisotopic (exact) mass is 440 g/mol. The van der Waals surface area contributed by atoms with E-state index in [9.17, 15) is 0 Å². The minimum absolute atomic E-state index is 0. The van der Waals surface area contributed by atoms with Crippen LogP contribution in [0.5, 0.6) is 0 Å². The van der Waals surface area contributed by atoms with Crippen molar-refractivity contribution in [3.05, 3.63) is 0 Å². The van der Waals surface area contributed by atoms with Crippen LogP contribution >= 0.6 is 0 Å². The van der Waals surface area contributed by atoms with Gasteiger partial charge in [0.1, 0.15) is 0 Å². The quantitative estimate of drug-likeness (QED) is 0.433. The topological polar surface area (TPSA) is 112 Å². The molecule has 0 unspecified atom stereocenters.